The molecule has 0 aliphatic carbocycles. The van der Waals surface area contributed by atoms with Gasteiger partial charge in [0, 0.05) is 30.5 Å². The second-order valence-corrected chi connectivity index (χ2v) is 10.0. The van der Waals surface area contributed by atoms with E-state index in [-0.39, 0.29) is 30.8 Å². The number of carbonyl (C=O) groups is 2. The van der Waals surface area contributed by atoms with E-state index in [1.807, 2.05) is 94.4 Å². The van der Waals surface area contributed by atoms with Crippen molar-refractivity contribution in [3.8, 4) is 11.5 Å². The third kappa shape index (κ3) is 9.03. The molecule has 0 fully saturated rings. The highest BCUT2D eigenvalue weighted by molar-refractivity contribution is 6.31. The Morgan fingerprint density at radius 1 is 0.872 bits per heavy atom. The molecule has 2 amide bonds. The summed E-state index contributed by atoms with van der Waals surface area (Å²) < 4.78 is 11.4. The van der Waals surface area contributed by atoms with Gasteiger partial charge in [0.1, 0.15) is 6.04 Å². The Morgan fingerprint density at radius 3 is 2.21 bits per heavy atom. The highest BCUT2D eigenvalue weighted by Crippen LogP contribution is 2.29. The van der Waals surface area contributed by atoms with Crippen molar-refractivity contribution in [2.75, 3.05) is 13.2 Å². The Balaban J connectivity index is 1.90. The van der Waals surface area contributed by atoms with E-state index < -0.39 is 6.04 Å². The van der Waals surface area contributed by atoms with E-state index in [4.69, 9.17) is 21.1 Å². The van der Waals surface area contributed by atoms with Crippen LogP contribution in [0.25, 0.3) is 0 Å². The molecule has 0 aliphatic rings. The first-order valence-electron chi connectivity index (χ1n) is 13.6. The first kappa shape index (κ1) is 30.0. The third-order valence-corrected chi connectivity index (χ3v) is 6.60. The normalized spacial score (nSPS) is 11.6. The Morgan fingerprint density at radius 2 is 1.54 bits per heavy atom. The minimum atomic E-state index is -0.696. The molecule has 1 N–H and O–H groups in total. The average Bonchev–Trinajstić information content (AvgIpc) is 2.92. The van der Waals surface area contributed by atoms with Crippen LogP contribution in [-0.2, 0) is 29.0 Å². The van der Waals surface area contributed by atoms with Crippen LogP contribution in [0.15, 0.2) is 72.8 Å². The van der Waals surface area contributed by atoms with Crippen LogP contribution in [0, 0.1) is 0 Å². The Hall–Kier alpha value is -3.51. The summed E-state index contributed by atoms with van der Waals surface area (Å²) in [4.78, 5) is 29.1. The summed E-state index contributed by atoms with van der Waals surface area (Å²) in [7, 11) is 0. The van der Waals surface area contributed by atoms with Gasteiger partial charge in [-0.3, -0.25) is 9.59 Å². The van der Waals surface area contributed by atoms with Gasteiger partial charge in [-0.2, -0.15) is 0 Å². The van der Waals surface area contributed by atoms with Crippen molar-refractivity contribution in [3.63, 3.8) is 0 Å². The summed E-state index contributed by atoms with van der Waals surface area (Å²) in [5.74, 6) is 1.04. The predicted octanol–water partition coefficient (Wildman–Crippen LogP) is 6.23. The Kier molecular flexibility index (Phi) is 11.7. The maximum absolute atomic E-state index is 13.9. The van der Waals surface area contributed by atoms with Crippen LogP contribution < -0.4 is 14.8 Å². The first-order valence-corrected chi connectivity index (χ1v) is 14.0. The van der Waals surface area contributed by atoms with Gasteiger partial charge in [-0.15, -0.1) is 0 Å². The van der Waals surface area contributed by atoms with Crippen molar-refractivity contribution >= 4 is 23.4 Å². The molecule has 3 aromatic carbocycles. The van der Waals surface area contributed by atoms with E-state index in [1.54, 1.807) is 11.0 Å². The van der Waals surface area contributed by atoms with Crippen LogP contribution in [-0.4, -0.2) is 42.0 Å². The second-order valence-electron chi connectivity index (χ2n) is 9.63. The Labute approximate surface area is 237 Å². The number of hydrogen-bond donors (Lipinski definition) is 1. The van der Waals surface area contributed by atoms with Gasteiger partial charge in [0.25, 0.3) is 0 Å². The van der Waals surface area contributed by atoms with Crippen molar-refractivity contribution in [2.24, 2.45) is 0 Å². The van der Waals surface area contributed by atoms with Crippen molar-refractivity contribution in [3.05, 3.63) is 94.5 Å². The first-order chi connectivity index (χ1) is 18.8. The molecule has 0 saturated heterocycles. The smallest absolute Gasteiger partial charge is 0.243 e. The van der Waals surface area contributed by atoms with E-state index in [9.17, 15) is 9.59 Å². The van der Waals surface area contributed by atoms with Crippen molar-refractivity contribution in [1.82, 2.24) is 10.2 Å². The van der Waals surface area contributed by atoms with Crippen molar-refractivity contribution in [1.29, 1.82) is 0 Å². The fraction of sp³-hybridized carbons (Fsp3) is 0.375. The van der Waals surface area contributed by atoms with E-state index in [1.165, 1.54) is 0 Å². The zero-order valence-electron chi connectivity index (χ0n) is 23.3. The maximum Gasteiger partial charge on any atom is 0.243 e. The minimum Gasteiger partial charge on any atom is -0.490 e. The van der Waals surface area contributed by atoms with E-state index in [0.29, 0.717) is 42.6 Å². The molecule has 7 heteroatoms. The molecule has 208 valence electrons. The number of aryl methyl sites for hydroxylation is 1. The van der Waals surface area contributed by atoms with Crippen LogP contribution >= 0.6 is 11.6 Å². The number of halogens is 1. The topological polar surface area (TPSA) is 67.9 Å². The lowest BCUT2D eigenvalue weighted by atomic mass is 10.0. The SMILES string of the molecule is CCOc1ccc(CCC(=O)N(Cc2ccccc2Cl)[C@@H](Cc2ccccc2)C(=O)NC(C)C)cc1OCC. The quantitative estimate of drug-likeness (QED) is 0.258. The minimum absolute atomic E-state index is 0.0612. The standard InChI is InChI=1S/C32H39ClN2O4/c1-5-38-29-18-16-25(21-30(29)39-6-2)17-19-31(36)35(22-26-14-10-11-15-27(26)33)28(32(37)34-23(3)4)20-24-12-8-7-9-13-24/h7-16,18,21,23,28H,5-6,17,19-20,22H2,1-4H3,(H,34,37)/t28-/m0/s1. The maximum atomic E-state index is 13.9. The summed E-state index contributed by atoms with van der Waals surface area (Å²) in [6, 6.07) is 22.2. The van der Waals surface area contributed by atoms with Crippen LogP contribution in [0.2, 0.25) is 5.02 Å². The van der Waals surface area contributed by atoms with Gasteiger partial charge < -0.3 is 19.7 Å². The lowest BCUT2D eigenvalue weighted by molar-refractivity contribution is -0.141. The molecule has 3 aromatic rings. The molecule has 1 atom stereocenters. The van der Waals surface area contributed by atoms with E-state index in [2.05, 4.69) is 5.32 Å². The molecule has 0 spiro atoms. The number of carbonyl (C=O) groups excluding carboxylic acids is 2. The molecule has 0 bridgehead atoms. The van der Waals surface area contributed by atoms with Gasteiger partial charge in [-0.1, -0.05) is 66.2 Å². The predicted molar refractivity (Wildman–Crippen MR) is 156 cm³/mol. The number of ether oxygens (including phenoxy) is 2. The monoisotopic (exact) mass is 550 g/mol. The van der Waals surface area contributed by atoms with Crippen molar-refractivity contribution in [2.45, 2.75) is 65.6 Å². The van der Waals surface area contributed by atoms with Gasteiger partial charge in [-0.25, -0.2) is 0 Å². The number of nitrogens with one attached hydrogen (secondary N) is 1. The third-order valence-electron chi connectivity index (χ3n) is 6.24. The van der Waals surface area contributed by atoms with Crippen LogP contribution in [0.5, 0.6) is 11.5 Å². The number of amides is 2. The summed E-state index contributed by atoms with van der Waals surface area (Å²) in [5.41, 5.74) is 2.73. The zero-order chi connectivity index (χ0) is 28.2. The van der Waals surface area contributed by atoms with Gasteiger partial charge in [0.15, 0.2) is 11.5 Å². The average molecular weight is 551 g/mol. The summed E-state index contributed by atoms with van der Waals surface area (Å²) in [6.07, 6.45) is 1.12. The number of rotatable bonds is 14. The summed E-state index contributed by atoms with van der Waals surface area (Å²) >= 11 is 6.50. The van der Waals surface area contributed by atoms with E-state index in [0.717, 1.165) is 16.7 Å². The lowest BCUT2D eigenvalue weighted by Gasteiger charge is -2.32. The highest BCUT2D eigenvalue weighted by atomic mass is 35.5. The van der Waals surface area contributed by atoms with Gasteiger partial charge in [-0.05, 0) is 69.0 Å². The fourth-order valence-corrected chi connectivity index (χ4v) is 4.59. The van der Waals surface area contributed by atoms with Crippen LogP contribution in [0.4, 0.5) is 0 Å². The molecule has 0 heterocycles. The van der Waals surface area contributed by atoms with E-state index >= 15 is 0 Å². The van der Waals surface area contributed by atoms with Gasteiger partial charge in [0.2, 0.25) is 11.8 Å². The largest absolute Gasteiger partial charge is 0.490 e. The fourth-order valence-electron chi connectivity index (χ4n) is 4.39. The summed E-state index contributed by atoms with van der Waals surface area (Å²) in [6.45, 7) is 8.97. The van der Waals surface area contributed by atoms with Crippen LogP contribution in [0.1, 0.15) is 50.8 Å². The highest BCUT2D eigenvalue weighted by Gasteiger charge is 2.31. The van der Waals surface area contributed by atoms with Gasteiger partial charge in [0.05, 0.1) is 13.2 Å². The number of hydrogen-bond acceptors (Lipinski definition) is 4. The van der Waals surface area contributed by atoms with Gasteiger partial charge >= 0.3 is 0 Å². The molecule has 0 aromatic heterocycles. The Bertz CT molecular complexity index is 1220. The molecule has 3 rings (SSSR count). The lowest BCUT2D eigenvalue weighted by Crippen LogP contribution is -2.51. The molecule has 0 radical (unpaired) electrons. The molecule has 6 nitrogen and oxygen atoms in total. The second kappa shape index (κ2) is 15.2. The number of benzene rings is 3. The molecule has 0 aliphatic heterocycles. The molecule has 39 heavy (non-hydrogen) atoms. The molecular formula is C32H39ClN2O4. The molecule has 0 unspecified atom stereocenters. The molecular weight excluding hydrogens is 512 g/mol. The molecule has 0 saturated carbocycles. The zero-order valence-corrected chi connectivity index (χ0v) is 24.0. The summed E-state index contributed by atoms with van der Waals surface area (Å²) in [5, 5.41) is 3.58. The van der Waals surface area contributed by atoms with Crippen LogP contribution in [0.3, 0.4) is 0 Å². The van der Waals surface area contributed by atoms with Crippen molar-refractivity contribution < 1.29 is 19.1 Å². The number of nitrogens with zero attached hydrogens (tertiary/aromatic N) is 1.